The van der Waals surface area contributed by atoms with E-state index in [2.05, 4.69) is 0 Å². The largest absolute Gasteiger partial charge is 0.489 e. The Kier molecular flexibility index (Phi) is 5.01. The van der Waals surface area contributed by atoms with E-state index in [9.17, 15) is 14.9 Å². The summed E-state index contributed by atoms with van der Waals surface area (Å²) in [5, 5.41) is 11.7. The molecule has 4 rings (SSSR count). The van der Waals surface area contributed by atoms with Gasteiger partial charge in [0.15, 0.2) is 5.43 Å². The minimum absolute atomic E-state index is 0.0257. The number of rotatable bonds is 5. The first-order chi connectivity index (χ1) is 14.0. The Morgan fingerprint density at radius 3 is 2.41 bits per heavy atom. The number of hydrogen-bond donors (Lipinski definition) is 0. The molecular formula is C22H14ClNO5. The molecule has 0 aliphatic heterocycles. The van der Waals surface area contributed by atoms with E-state index >= 15 is 0 Å². The van der Waals surface area contributed by atoms with Crippen LogP contribution in [-0.2, 0) is 6.61 Å². The van der Waals surface area contributed by atoms with E-state index < -0.39 is 4.92 Å². The lowest BCUT2D eigenvalue weighted by atomic mass is 10.1. The summed E-state index contributed by atoms with van der Waals surface area (Å²) >= 11 is 5.90. The van der Waals surface area contributed by atoms with Gasteiger partial charge in [0, 0.05) is 23.2 Å². The molecule has 3 aromatic carbocycles. The Hall–Kier alpha value is -3.64. The van der Waals surface area contributed by atoms with Crippen LogP contribution < -0.4 is 10.2 Å². The number of ether oxygens (including phenoxy) is 1. The molecule has 1 aromatic heterocycles. The molecule has 144 valence electrons. The third-order valence-electron chi connectivity index (χ3n) is 4.45. The molecule has 0 saturated carbocycles. The van der Waals surface area contributed by atoms with Crippen molar-refractivity contribution in [2.45, 2.75) is 6.61 Å². The number of non-ortho nitro benzene ring substituents is 1. The zero-order valence-corrected chi connectivity index (χ0v) is 15.8. The SMILES string of the molecule is O=c1c(-c2ccc(Cl)cc2)coc2cc(OCc3ccc([N+](=O)[O-])cc3)ccc12. The Morgan fingerprint density at radius 2 is 1.72 bits per heavy atom. The standard InChI is InChI=1S/C22H14ClNO5/c23-16-5-3-15(4-6-16)20-13-29-21-11-18(9-10-19(21)22(20)25)28-12-14-1-7-17(8-2-14)24(26)27/h1-11,13H,12H2. The smallest absolute Gasteiger partial charge is 0.269 e. The highest BCUT2D eigenvalue weighted by molar-refractivity contribution is 6.30. The molecule has 0 fully saturated rings. The van der Waals surface area contributed by atoms with Gasteiger partial charge in [0.1, 0.15) is 24.2 Å². The quantitative estimate of drug-likeness (QED) is 0.317. The van der Waals surface area contributed by atoms with Crippen LogP contribution in [-0.4, -0.2) is 4.92 Å². The van der Waals surface area contributed by atoms with Gasteiger partial charge in [-0.2, -0.15) is 0 Å². The Balaban J connectivity index is 1.56. The number of hydrogen-bond acceptors (Lipinski definition) is 5. The molecule has 0 saturated heterocycles. The number of nitro groups is 1. The van der Waals surface area contributed by atoms with E-state index in [1.807, 2.05) is 0 Å². The Morgan fingerprint density at radius 1 is 1.00 bits per heavy atom. The first kappa shape index (κ1) is 18.7. The van der Waals surface area contributed by atoms with Gasteiger partial charge in [-0.3, -0.25) is 14.9 Å². The summed E-state index contributed by atoms with van der Waals surface area (Å²) in [5.74, 6) is 0.526. The highest BCUT2D eigenvalue weighted by atomic mass is 35.5. The Labute approximate surface area is 170 Å². The molecule has 7 heteroatoms. The van der Waals surface area contributed by atoms with E-state index in [4.69, 9.17) is 20.8 Å². The molecule has 0 spiro atoms. The van der Waals surface area contributed by atoms with Gasteiger partial charge in [-0.1, -0.05) is 23.7 Å². The van der Waals surface area contributed by atoms with Crippen molar-refractivity contribution in [1.82, 2.24) is 0 Å². The van der Waals surface area contributed by atoms with E-state index in [0.29, 0.717) is 27.3 Å². The fraction of sp³-hybridized carbons (Fsp3) is 0.0455. The molecule has 1 heterocycles. The van der Waals surface area contributed by atoms with E-state index in [-0.39, 0.29) is 17.7 Å². The van der Waals surface area contributed by atoms with Crippen LogP contribution >= 0.6 is 11.6 Å². The third-order valence-corrected chi connectivity index (χ3v) is 4.71. The first-order valence-corrected chi connectivity index (χ1v) is 9.07. The van der Waals surface area contributed by atoms with Gasteiger partial charge >= 0.3 is 0 Å². The first-order valence-electron chi connectivity index (χ1n) is 8.69. The molecular weight excluding hydrogens is 394 g/mol. The summed E-state index contributed by atoms with van der Waals surface area (Å²) in [5.41, 5.74) is 2.26. The molecule has 0 atom stereocenters. The number of benzene rings is 3. The van der Waals surface area contributed by atoms with E-state index in [0.717, 1.165) is 11.1 Å². The number of nitrogens with zero attached hydrogens (tertiary/aromatic N) is 1. The maximum Gasteiger partial charge on any atom is 0.269 e. The van der Waals surface area contributed by atoms with Gasteiger partial charge in [-0.05, 0) is 47.5 Å². The molecule has 0 aliphatic rings. The molecule has 4 aromatic rings. The zero-order valence-electron chi connectivity index (χ0n) is 15.0. The predicted octanol–water partition coefficient (Wildman–Crippen LogP) is 5.60. The van der Waals surface area contributed by atoms with E-state index in [1.165, 1.54) is 18.4 Å². The summed E-state index contributed by atoms with van der Waals surface area (Å²) in [4.78, 5) is 23.1. The summed E-state index contributed by atoms with van der Waals surface area (Å²) < 4.78 is 11.4. The van der Waals surface area contributed by atoms with Gasteiger partial charge < -0.3 is 9.15 Å². The summed E-state index contributed by atoms with van der Waals surface area (Å²) in [7, 11) is 0. The summed E-state index contributed by atoms with van der Waals surface area (Å²) in [6.07, 6.45) is 1.42. The Bertz CT molecular complexity index is 1250. The molecule has 6 nitrogen and oxygen atoms in total. The van der Waals surface area contributed by atoms with Crippen LogP contribution in [0.4, 0.5) is 5.69 Å². The molecule has 0 amide bonds. The van der Waals surface area contributed by atoms with Crippen LogP contribution in [0.5, 0.6) is 5.75 Å². The fourth-order valence-corrected chi connectivity index (χ4v) is 3.03. The van der Waals surface area contributed by atoms with Gasteiger partial charge in [0.25, 0.3) is 5.69 Å². The fourth-order valence-electron chi connectivity index (χ4n) is 2.91. The number of halogens is 1. The van der Waals surface area contributed by atoms with Crippen LogP contribution in [0, 0.1) is 10.1 Å². The summed E-state index contributed by atoms with van der Waals surface area (Å²) in [6.45, 7) is 0.233. The maximum absolute atomic E-state index is 12.8. The van der Waals surface area contributed by atoms with Gasteiger partial charge in [0.05, 0.1) is 15.9 Å². The molecule has 0 aliphatic carbocycles. The number of nitro benzene ring substituents is 1. The molecule has 0 bridgehead atoms. The van der Waals surface area contributed by atoms with Crippen molar-refractivity contribution in [2.75, 3.05) is 0 Å². The second-order valence-electron chi connectivity index (χ2n) is 6.36. The minimum atomic E-state index is -0.450. The lowest BCUT2D eigenvalue weighted by Gasteiger charge is -2.08. The van der Waals surface area contributed by atoms with Gasteiger partial charge in [-0.15, -0.1) is 0 Å². The minimum Gasteiger partial charge on any atom is -0.489 e. The average Bonchev–Trinajstić information content (AvgIpc) is 2.73. The van der Waals surface area contributed by atoms with Crippen molar-refractivity contribution in [3.05, 3.63) is 104 Å². The lowest BCUT2D eigenvalue weighted by Crippen LogP contribution is -2.05. The predicted molar refractivity (Wildman–Crippen MR) is 110 cm³/mol. The number of fused-ring (bicyclic) bond motifs is 1. The molecule has 29 heavy (non-hydrogen) atoms. The van der Waals surface area contributed by atoms with Crippen molar-refractivity contribution >= 4 is 28.3 Å². The monoisotopic (exact) mass is 407 g/mol. The van der Waals surface area contributed by atoms with Gasteiger partial charge in [0.2, 0.25) is 0 Å². The normalized spacial score (nSPS) is 10.8. The van der Waals surface area contributed by atoms with Crippen molar-refractivity contribution in [3.8, 4) is 16.9 Å². The highest BCUT2D eigenvalue weighted by Gasteiger charge is 2.10. The average molecular weight is 408 g/mol. The van der Waals surface area contributed by atoms with Crippen LogP contribution in [0.25, 0.3) is 22.1 Å². The topological polar surface area (TPSA) is 82.6 Å². The van der Waals surface area contributed by atoms with Crippen molar-refractivity contribution < 1.29 is 14.1 Å². The molecule has 0 unspecified atom stereocenters. The second kappa shape index (κ2) is 7.77. The van der Waals surface area contributed by atoms with Crippen LogP contribution in [0.15, 0.2) is 82.2 Å². The van der Waals surface area contributed by atoms with Crippen LogP contribution in [0.2, 0.25) is 5.02 Å². The molecule has 0 radical (unpaired) electrons. The third kappa shape index (κ3) is 3.97. The van der Waals surface area contributed by atoms with E-state index in [1.54, 1.807) is 54.6 Å². The summed E-state index contributed by atoms with van der Waals surface area (Å²) in [6, 6.07) is 18.1. The zero-order chi connectivity index (χ0) is 20.4. The van der Waals surface area contributed by atoms with Crippen molar-refractivity contribution in [3.63, 3.8) is 0 Å². The highest BCUT2D eigenvalue weighted by Crippen LogP contribution is 2.24. The lowest BCUT2D eigenvalue weighted by molar-refractivity contribution is -0.384. The van der Waals surface area contributed by atoms with Crippen LogP contribution in [0.3, 0.4) is 0 Å². The van der Waals surface area contributed by atoms with Crippen molar-refractivity contribution in [2.24, 2.45) is 0 Å². The maximum atomic E-state index is 12.8. The second-order valence-corrected chi connectivity index (χ2v) is 6.79. The van der Waals surface area contributed by atoms with Gasteiger partial charge in [-0.25, -0.2) is 0 Å². The van der Waals surface area contributed by atoms with Crippen molar-refractivity contribution in [1.29, 1.82) is 0 Å². The van der Waals surface area contributed by atoms with Crippen LogP contribution in [0.1, 0.15) is 5.56 Å². The molecule has 0 N–H and O–H groups in total.